The molecule has 1 rings (SSSR count). The molecule has 524 valence electrons. The molecule has 4 unspecified atom stereocenters. The monoisotopic (exact) mass is 1260 g/mol. The van der Waals surface area contributed by atoms with Gasteiger partial charge in [0.2, 0.25) is 0 Å². The van der Waals surface area contributed by atoms with Crippen molar-refractivity contribution in [1.82, 2.24) is 0 Å². The van der Waals surface area contributed by atoms with E-state index in [0.717, 1.165) is 39.3 Å². The second-order valence-electron chi connectivity index (χ2n) is 30.1. The van der Waals surface area contributed by atoms with Crippen molar-refractivity contribution in [2.75, 3.05) is 113 Å². The molecule has 18 heteroatoms. The summed E-state index contributed by atoms with van der Waals surface area (Å²) in [6.07, 6.45) is 9.61. The predicted octanol–water partition coefficient (Wildman–Crippen LogP) is 13.5. The molecular formula is C70H136O18. The van der Waals surface area contributed by atoms with Gasteiger partial charge < -0.3 is 67.4 Å². The zero-order chi connectivity index (χ0) is 69.7. The molecule has 0 aromatic carbocycles. The lowest BCUT2D eigenvalue weighted by Gasteiger charge is -2.19. The SMILES string of the molecule is C=CCC(=O)OCC(O)COCC(C)(C)C.C=CCCC(=O)OCC(C)(C)C.C=CCCC(=O)OCCC(C)(C)C.C=CCOCC(C)(C)C.CC(C)(C)COCC1CO1.CCCC(=O)OCC(O)COCC(C)(C)C.COCC(O)COCC(C)(C)C. The second-order valence-corrected chi connectivity index (χ2v) is 30.1. The number of allylic oxidation sites excluding steroid dienone is 2. The number of esters is 4. The highest BCUT2D eigenvalue weighted by Crippen LogP contribution is 2.19. The van der Waals surface area contributed by atoms with Crippen molar-refractivity contribution >= 4 is 23.9 Å². The normalized spacial score (nSPS) is 14.0. The Hall–Kier alpha value is -3.56. The zero-order valence-electron chi connectivity index (χ0n) is 60.4. The summed E-state index contributed by atoms with van der Waals surface area (Å²) < 4.78 is 56.0. The summed E-state index contributed by atoms with van der Waals surface area (Å²) in [5.74, 6) is -0.906. The maximum atomic E-state index is 11.0. The molecule has 1 aliphatic rings. The van der Waals surface area contributed by atoms with Crippen LogP contribution in [0.3, 0.4) is 0 Å². The number of hydrogen-bond donors (Lipinski definition) is 3. The summed E-state index contributed by atoms with van der Waals surface area (Å²) >= 11 is 0. The van der Waals surface area contributed by atoms with Gasteiger partial charge in [-0.2, -0.15) is 0 Å². The van der Waals surface area contributed by atoms with Crippen molar-refractivity contribution in [2.24, 2.45) is 37.9 Å². The average molecular weight is 1270 g/mol. The molecule has 0 saturated carbocycles. The number of aliphatic hydroxyl groups excluding tert-OH is 3. The molecule has 0 aromatic rings. The molecule has 4 atom stereocenters. The van der Waals surface area contributed by atoms with Gasteiger partial charge in [0.15, 0.2) is 0 Å². The summed E-state index contributed by atoms with van der Waals surface area (Å²) in [6, 6.07) is 0. The first kappa shape index (κ1) is 95.5. The van der Waals surface area contributed by atoms with Gasteiger partial charge in [-0.1, -0.05) is 177 Å². The molecule has 0 aromatic heterocycles. The summed E-state index contributed by atoms with van der Waals surface area (Å²) in [4.78, 5) is 43.9. The number of carbonyl (C=O) groups is 4. The van der Waals surface area contributed by atoms with E-state index in [9.17, 15) is 34.5 Å². The van der Waals surface area contributed by atoms with Gasteiger partial charge in [-0.05, 0) is 63.6 Å². The van der Waals surface area contributed by atoms with Crippen LogP contribution in [0.5, 0.6) is 0 Å². The molecule has 18 nitrogen and oxygen atoms in total. The van der Waals surface area contributed by atoms with Crippen molar-refractivity contribution in [1.29, 1.82) is 0 Å². The fraction of sp³-hybridized carbons (Fsp3) is 0.829. The maximum Gasteiger partial charge on any atom is 0.309 e. The summed E-state index contributed by atoms with van der Waals surface area (Å²) in [6.45, 7) is 67.8. The number of carbonyl (C=O) groups excluding carboxylic acids is 4. The van der Waals surface area contributed by atoms with E-state index in [-0.39, 0.29) is 94.6 Å². The lowest BCUT2D eigenvalue weighted by atomic mass is 9.93. The topological polar surface area (TPSA) is 234 Å². The van der Waals surface area contributed by atoms with Gasteiger partial charge in [-0.3, -0.25) is 19.2 Å². The molecule has 3 N–H and O–H groups in total. The van der Waals surface area contributed by atoms with Crippen molar-refractivity contribution in [3.05, 3.63) is 50.6 Å². The number of epoxide rings is 1. The fourth-order valence-electron chi connectivity index (χ4n) is 5.13. The molecule has 0 bridgehead atoms. The highest BCUT2D eigenvalue weighted by Gasteiger charge is 2.23. The van der Waals surface area contributed by atoms with Crippen LogP contribution < -0.4 is 0 Å². The van der Waals surface area contributed by atoms with E-state index >= 15 is 0 Å². The minimum Gasteiger partial charge on any atom is -0.466 e. The molecule has 0 amide bonds. The molecule has 0 aliphatic carbocycles. The van der Waals surface area contributed by atoms with Gasteiger partial charge in [-0.25, -0.2) is 0 Å². The van der Waals surface area contributed by atoms with Crippen molar-refractivity contribution in [3.63, 3.8) is 0 Å². The highest BCUT2D eigenvalue weighted by molar-refractivity contribution is 5.71. The van der Waals surface area contributed by atoms with E-state index < -0.39 is 18.3 Å². The molecular weight excluding hydrogens is 1130 g/mol. The van der Waals surface area contributed by atoms with Crippen LogP contribution in [0.25, 0.3) is 0 Å². The molecule has 0 radical (unpaired) electrons. The fourth-order valence-corrected chi connectivity index (χ4v) is 5.13. The Morgan fingerprint density at radius 3 is 1.12 bits per heavy atom. The minimum atomic E-state index is -0.767. The van der Waals surface area contributed by atoms with Crippen molar-refractivity contribution in [2.45, 2.75) is 228 Å². The standard InChI is InChI=1S/C12H24O4.C12H22O4.C11H20O2.C10H18O2.C9H20O3.C8H16O2.C8H16O/c2*1-5-6-11(14)16-8-10(13)7-15-9-12(2,3)4;1-5-6-7-10(12)13-9-8-11(2,3)4;1-5-6-7-9(11)12-8-10(2,3)4;1-9(2,3)7-12-6-8(10)5-11-4;1-8(2,3)6-9-4-7-5-10-7;1-5-6-9-7-8(2,3)4/h10,13H,5-9H2,1-4H3;5,10,13H,1,6-9H2,2-4H3;5H,1,6-9H2,2-4H3;5H,1,6-8H2,2-4H3;8,10H,5-7H2,1-4H3;7H,4-6H2,1-3H3;5H,1,6-7H2,2-4H3. The third-order valence-corrected chi connectivity index (χ3v) is 9.43. The number of methoxy groups -OCH3 is 1. The first-order valence-electron chi connectivity index (χ1n) is 31.3. The predicted molar refractivity (Wildman–Crippen MR) is 357 cm³/mol. The number of aliphatic hydroxyl groups is 3. The van der Waals surface area contributed by atoms with E-state index in [1.54, 1.807) is 25.3 Å². The third kappa shape index (κ3) is 101. The minimum absolute atomic E-state index is 0.0168. The largest absolute Gasteiger partial charge is 0.466 e. The van der Waals surface area contributed by atoms with Crippen LogP contribution in [0, 0.1) is 37.9 Å². The van der Waals surface area contributed by atoms with Gasteiger partial charge in [0, 0.05) is 26.4 Å². The number of ether oxygens (including phenoxy) is 11. The number of rotatable bonds is 34. The molecule has 0 spiro atoms. The van der Waals surface area contributed by atoms with Gasteiger partial charge >= 0.3 is 23.9 Å². The Morgan fingerprint density at radius 1 is 0.443 bits per heavy atom. The van der Waals surface area contributed by atoms with Crippen molar-refractivity contribution < 1.29 is 86.6 Å². The Kier molecular flexibility index (Phi) is 59.8. The first-order chi connectivity index (χ1) is 40.2. The Balaban J connectivity index is -0.000000225. The molecule has 1 saturated heterocycles. The van der Waals surface area contributed by atoms with E-state index in [0.29, 0.717) is 91.1 Å². The van der Waals surface area contributed by atoms with Gasteiger partial charge in [0.25, 0.3) is 0 Å². The lowest BCUT2D eigenvalue weighted by molar-refractivity contribution is -0.148. The van der Waals surface area contributed by atoms with E-state index in [1.165, 1.54) is 6.08 Å². The Bertz CT molecular complexity index is 1710. The maximum absolute atomic E-state index is 11.0. The summed E-state index contributed by atoms with van der Waals surface area (Å²) in [5, 5.41) is 28.1. The van der Waals surface area contributed by atoms with Crippen LogP contribution in [0.15, 0.2) is 50.6 Å². The first-order valence-corrected chi connectivity index (χ1v) is 31.3. The number of hydrogen-bond acceptors (Lipinski definition) is 18. The smallest absolute Gasteiger partial charge is 0.309 e. The van der Waals surface area contributed by atoms with E-state index in [2.05, 4.69) is 130 Å². The summed E-state index contributed by atoms with van der Waals surface area (Å²) in [7, 11) is 1.56. The van der Waals surface area contributed by atoms with Gasteiger partial charge in [0.05, 0.1) is 98.9 Å². The quantitative estimate of drug-likeness (QED) is 0.0179. The van der Waals surface area contributed by atoms with E-state index in [4.69, 9.17) is 52.1 Å². The second kappa shape index (κ2) is 55.1. The zero-order valence-corrected chi connectivity index (χ0v) is 60.4. The molecule has 1 aliphatic heterocycles. The molecule has 1 fully saturated rings. The molecule has 88 heavy (non-hydrogen) atoms. The average Bonchev–Trinajstić information content (AvgIpc) is 4.19. The Labute approximate surface area is 537 Å². The lowest BCUT2D eigenvalue weighted by Crippen LogP contribution is -2.26. The van der Waals surface area contributed by atoms with Gasteiger partial charge in [-0.15, -0.1) is 26.3 Å². The van der Waals surface area contributed by atoms with Crippen molar-refractivity contribution in [3.8, 4) is 0 Å². The molecule has 1 heterocycles. The van der Waals surface area contributed by atoms with Crippen LogP contribution >= 0.6 is 0 Å². The summed E-state index contributed by atoms with van der Waals surface area (Å²) in [5.41, 5.74) is 1.17. The third-order valence-electron chi connectivity index (χ3n) is 9.43. The Morgan fingerprint density at radius 2 is 0.795 bits per heavy atom. The van der Waals surface area contributed by atoms with E-state index in [1.807, 2.05) is 48.5 Å². The van der Waals surface area contributed by atoms with Crippen LogP contribution in [-0.4, -0.2) is 176 Å². The van der Waals surface area contributed by atoms with Crippen LogP contribution in [0.1, 0.15) is 204 Å². The van der Waals surface area contributed by atoms with Gasteiger partial charge in [0.1, 0.15) is 37.6 Å². The van der Waals surface area contributed by atoms with Crippen LogP contribution in [0.2, 0.25) is 0 Å². The highest BCUT2D eigenvalue weighted by atomic mass is 16.6. The van der Waals surface area contributed by atoms with Crippen LogP contribution in [-0.2, 0) is 71.3 Å². The van der Waals surface area contributed by atoms with Crippen LogP contribution in [0.4, 0.5) is 0 Å².